The zero-order valence-electron chi connectivity index (χ0n) is 9.06. The molecule has 0 bridgehead atoms. The van der Waals surface area contributed by atoms with Crippen LogP contribution in [0.4, 0.5) is 0 Å². The predicted octanol–water partition coefficient (Wildman–Crippen LogP) is 1.72. The molecule has 0 radical (unpaired) electrons. The summed E-state index contributed by atoms with van der Waals surface area (Å²) in [6.45, 7) is 1.27. The normalized spacial score (nSPS) is 45.1. The molecule has 1 aliphatic carbocycles. The van der Waals surface area contributed by atoms with Gasteiger partial charge in [0.25, 0.3) is 0 Å². The molecule has 2 aliphatic heterocycles. The summed E-state index contributed by atoms with van der Waals surface area (Å²) in [5.74, 6) is 0.0666. The van der Waals surface area contributed by atoms with Crippen molar-refractivity contribution in [3.05, 3.63) is 0 Å². The number of hydrogen-bond donors (Lipinski definition) is 1. The highest BCUT2D eigenvalue weighted by Gasteiger charge is 2.46. The minimum Gasteiger partial charge on any atom is -0.481 e. The van der Waals surface area contributed by atoms with Gasteiger partial charge in [0.15, 0.2) is 0 Å². The molecule has 0 aromatic carbocycles. The van der Waals surface area contributed by atoms with Crippen LogP contribution in [-0.4, -0.2) is 34.6 Å². The molecule has 1 N–H and O–H groups in total. The molecule has 2 saturated heterocycles. The Kier molecular flexibility index (Phi) is 2.23. The fraction of sp³-hybridized carbons (Fsp3) is 0.917. The van der Waals surface area contributed by atoms with Crippen LogP contribution in [0.2, 0.25) is 0 Å². The Hall–Kier alpha value is -0.570. The second kappa shape index (κ2) is 3.48. The van der Waals surface area contributed by atoms with Gasteiger partial charge >= 0.3 is 5.97 Å². The number of hydrogen-bond acceptors (Lipinski definition) is 2. The Morgan fingerprint density at radius 3 is 2.87 bits per heavy atom. The van der Waals surface area contributed by atoms with Gasteiger partial charge in [0.2, 0.25) is 0 Å². The summed E-state index contributed by atoms with van der Waals surface area (Å²) < 4.78 is 0. The van der Waals surface area contributed by atoms with E-state index >= 15 is 0 Å². The Bertz CT molecular complexity index is 279. The van der Waals surface area contributed by atoms with E-state index in [0.29, 0.717) is 5.92 Å². The van der Waals surface area contributed by atoms with Crippen molar-refractivity contribution in [2.75, 3.05) is 6.54 Å². The molecule has 3 aliphatic rings. The van der Waals surface area contributed by atoms with Gasteiger partial charge in [-0.2, -0.15) is 0 Å². The molecule has 0 aromatic heterocycles. The topological polar surface area (TPSA) is 40.5 Å². The Morgan fingerprint density at radius 1 is 1.20 bits per heavy atom. The van der Waals surface area contributed by atoms with Crippen molar-refractivity contribution in [1.82, 2.24) is 4.90 Å². The van der Waals surface area contributed by atoms with Crippen molar-refractivity contribution in [2.45, 2.75) is 50.6 Å². The van der Waals surface area contributed by atoms with Crippen LogP contribution in [0.1, 0.15) is 38.5 Å². The SMILES string of the molecule is O=C(O)[C@@H]1CC[C@H]2[C@H](C1)C[C@@H]1CCCN12. The minimum absolute atomic E-state index is 0.0497. The maximum absolute atomic E-state index is 11.0. The predicted molar refractivity (Wildman–Crippen MR) is 56.6 cm³/mol. The first kappa shape index (κ1) is 9.64. The van der Waals surface area contributed by atoms with Crippen LogP contribution in [0.3, 0.4) is 0 Å². The second-order valence-corrected chi connectivity index (χ2v) is 5.45. The van der Waals surface area contributed by atoms with E-state index in [0.717, 1.165) is 31.3 Å². The van der Waals surface area contributed by atoms with Crippen LogP contribution in [0.25, 0.3) is 0 Å². The van der Waals surface area contributed by atoms with Gasteiger partial charge in [-0.1, -0.05) is 0 Å². The van der Waals surface area contributed by atoms with Crippen molar-refractivity contribution in [1.29, 1.82) is 0 Å². The summed E-state index contributed by atoms with van der Waals surface area (Å²) in [6.07, 6.45) is 6.94. The van der Waals surface area contributed by atoms with Gasteiger partial charge in [0.1, 0.15) is 0 Å². The zero-order valence-corrected chi connectivity index (χ0v) is 9.06. The fourth-order valence-corrected chi connectivity index (χ4v) is 4.06. The van der Waals surface area contributed by atoms with E-state index in [1.165, 1.54) is 25.8 Å². The third-order valence-electron chi connectivity index (χ3n) is 4.72. The number of carboxylic acids is 1. The lowest BCUT2D eigenvalue weighted by atomic mass is 9.78. The standard InChI is InChI=1S/C12H19NO2/c14-12(15)8-3-4-11-9(6-8)7-10-2-1-5-13(10)11/h8-11H,1-7H2,(H,14,15)/t8-,9-,10+,11+/m1/s1. The Balaban J connectivity index is 1.71. The quantitative estimate of drug-likeness (QED) is 0.715. The van der Waals surface area contributed by atoms with Crippen molar-refractivity contribution >= 4 is 5.97 Å². The third-order valence-corrected chi connectivity index (χ3v) is 4.72. The van der Waals surface area contributed by atoms with E-state index in [1.807, 2.05) is 0 Å². The smallest absolute Gasteiger partial charge is 0.306 e. The van der Waals surface area contributed by atoms with E-state index in [2.05, 4.69) is 4.90 Å². The summed E-state index contributed by atoms with van der Waals surface area (Å²) in [5.41, 5.74) is 0. The molecular weight excluding hydrogens is 190 g/mol. The molecule has 0 amide bonds. The molecule has 2 heterocycles. The number of nitrogens with zero attached hydrogens (tertiary/aromatic N) is 1. The fourth-order valence-electron chi connectivity index (χ4n) is 4.06. The van der Waals surface area contributed by atoms with E-state index in [1.54, 1.807) is 0 Å². The zero-order chi connectivity index (χ0) is 10.4. The maximum atomic E-state index is 11.0. The molecule has 0 spiro atoms. The van der Waals surface area contributed by atoms with Gasteiger partial charge in [-0.15, -0.1) is 0 Å². The number of fused-ring (bicyclic) bond motifs is 3. The van der Waals surface area contributed by atoms with E-state index in [9.17, 15) is 4.79 Å². The highest BCUT2D eigenvalue weighted by molar-refractivity contribution is 5.70. The molecule has 84 valence electrons. The molecule has 3 rings (SSSR count). The molecule has 3 heteroatoms. The van der Waals surface area contributed by atoms with Gasteiger partial charge < -0.3 is 5.11 Å². The van der Waals surface area contributed by atoms with Crippen LogP contribution in [-0.2, 0) is 4.79 Å². The largest absolute Gasteiger partial charge is 0.481 e. The minimum atomic E-state index is -0.569. The van der Waals surface area contributed by atoms with Gasteiger partial charge in [0.05, 0.1) is 5.92 Å². The van der Waals surface area contributed by atoms with E-state index in [4.69, 9.17) is 5.11 Å². The third kappa shape index (κ3) is 1.48. The van der Waals surface area contributed by atoms with Crippen LogP contribution >= 0.6 is 0 Å². The van der Waals surface area contributed by atoms with Gasteiger partial charge in [-0.3, -0.25) is 9.69 Å². The van der Waals surface area contributed by atoms with Crippen LogP contribution < -0.4 is 0 Å². The average Bonchev–Trinajstić information content (AvgIpc) is 2.75. The summed E-state index contributed by atoms with van der Waals surface area (Å²) in [7, 11) is 0. The van der Waals surface area contributed by atoms with Gasteiger partial charge in [0, 0.05) is 12.1 Å². The first-order chi connectivity index (χ1) is 7.25. The highest BCUT2D eigenvalue weighted by Crippen LogP contribution is 2.45. The lowest BCUT2D eigenvalue weighted by molar-refractivity contribution is -0.143. The number of aliphatic carboxylic acids is 1. The Morgan fingerprint density at radius 2 is 2.07 bits per heavy atom. The van der Waals surface area contributed by atoms with Crippen molar-refractivity contribution < 1.29 is 9.90 Å². The molecule has 1 saturated carbocycles. The first-order valence-corrected chi connectivity index (χ1v) is 6.24. The van der Waals surface area contributed by atoms with E-state index in [-0.39, 0.29) is 5.92 Å². The summed E-state index contributed by atoms with van der Waals surface area (Å²) in [6, 6.07) is 1.53. The second-order valence-electron chi connectivity index (χ2n) is 5.45. The van der Waals surface area contributed by atoms with Gasteiger partial charge in [-0.05, 0) is 51.0 Å². The summed E-state index contributed by atoms with van der Waals surface area (Å²) in [5, 5.41) is 9.05. The summed E-state index contributed by atoms with van der Waals surface area (Å²) >= 11 is 0. The number of carboxylic acid groups (broad SMARTS) is 1. The molecule has 0 aromatic rings. The molecule has 4 atom stereocenters. The Labute approximate surface area is 90.5 Å². The van der Waals surface area contributed by atoms with Crippen LogP contribution in [0.15, 0.2) is 0 Å². The average molecular weight is 209 g/mol. The lowest BCUT2D eigenvalue weighted by Gasteiger charge is -2.33. The van der Waals surface area contributed by atoms with Gasteiger partial charge in [-0.25, -0.2) is 0 Å². The highest BCUT2D eigenvalue weighted by atomic mass is 16.4. The summed E-state index contributed by atoms with van der Waals surface area (Å²) in [4.78, 5) is 13.6. The van der Waals surface area contributed by atoms with Crippen LogP contribution in [0.5, 0.6) is 0 Å². The number of rotatable bonds is 1. The maximum Gasteiger partial charge on any atom is 0.306 e. The molecule has 3 fully saturated rings. The van der Waals surface area contributed by atoms with Crippen molar-refractivity contribution in [3.8, 4) is 0 Å². The molecule has 3 nitrogen and oxygen atoms in total. The molecule has 15 heavy (non-hydrogen) atoms. The first-order valence-electron chi connectivity index (χ1n) is 6.24. The molecule has 0 unspecified atom stereocenters. The van der Waals surface area contributed by atoms with E-state index < -0.39 is 5.97 Å². The van der Waals surface area contributed by atoms with Crippen molar-refractivity contribution in [2.24, 2.45) is 11.8 Å². The monoisotopic (exact) mass is 209 g/mol. The number of carbonyl (C=O) groups is 1. The lowest BCUT2D eigenvalue weighted by Crippen LogP contribution is -2.38. The van der Waals surface area contributed by atoms with Crippen LogP contribution in [0, 0.1) is 11.8 Å². The molecular formula is C12H19NO2. The van der Waals surface area contributed by atoms with Crippen molar-refractivity contribution in [3.63, 3.8) is 0 Å².